The Morgan fingerprint density at radius 3 is 2.52 bits per heavy atom. The SMILES string of the molecule is CCN(CCS(=O)(=O)N1CCNCC1)C(=O)c1ccccc1C. The predicted octanol–water partition coefficient (Wildman–Crippen LogP) is 0.692. The van der Waals surface area contributed by atoms with E-state index in [4.69, 9.17) is 0 Å². The largest absolute Gasteiger partial charge is 0.338 e. The zero-order valence-electron chi connectivity index (χ0n) is 13.8. The number of nitrogens with one attached hydrogen (secondary N) is 1. The number of nitrogens with zero attached hydrogens (tertiary/aromatic N) is 2. The van der Waals surface area contributed by atoms with E-state index in [0.29, 0.717) is 38.3 Å². The molecule has 128 valence electrons. The summed E-state index contributed by atoms with van der Waals surface area (Å²) in [6.07, 6.45) is 0. The molecule has 1 aromatic rings. The summed E-state index contributed by atoms with van der Waals surface area (Å²) in [5.74, 6) is -0.139. The first kappa shape index (κ1) is 17.9. The average molecular weight is 339 g/mol. The van der Waals surface area contributed by atoms with E-state index in [9.17, 15) is 13.2 Å². The average Bonchev–Trinajstić information content (AvgIpc) is 2.56. The van der Waals surface area contributed by atoms with Crippen LogP contribution in [0.25, 0.3) is 0 Å². The lowest BCUT2D eigenvalue weighted by molar-refractivity contribution is 0.0773. The Hall–Kier alpha value is -1.44. The second-order valence-corrected chi connectivity index (χ2v) is 7.75. The van der Waals surface area contributed by atoms with Gasteiger partial charge in [0.1, 0.15) is 0 Å². The van der Waals surface area contributed by atoms with Crippen molar-refractivity contribution in [1.29, 1.82) is 0 Å². The number of carbonyl (C=O) groups excluding carboxylic acids is 1. The van der Waals surface area contributed by atoms with Crippen LogP contribution in [0, 0.1) is 6.92 Å². The quantitative estimate of drug-likeness (QED) is 0.828. The lowest BCUT2D eigenvalue weighted by Crippen LogP contribution is -2.48. The minimum Gasteiger partial charge on any atom is -0.338 e. The van der Waals surface area contributed by atoms with E-state index in [-0.39, 0.29) is 18.2 Å². The van der Waals surface area contributed by atoms with Gasteiger partial charge in [0.05, 0.1) is 5.75 Å². The van der Waals surface area contributed by atoms with Gasteiger partial charge in [-0.3, -0.25) is 4.79 Å². The molecule has 1 heterocycles. The van der Waals surface area contributed by atoms with E-state index in [2.05, 4.69) is 5.32 Å². The lowest BCUT2D eigenvalue weighted by Gasteiger charge is -2.28. The molecule has 0 unspecified atom stereocenters. The molecule has 0 aliphatic carbocycles. The van der Waals surface area contributed by atoms with Gasteiger partial charge in [0.2, 0.25) is 10.0 Å². The number of benzene rings is 1. The highest BCUT2D eigenvalue weighted by Crippen LogP contribution is 2.11. The summed E-state index contributed by atoms with van der Waals surface area (Å²) in [5, 5.41) is 3.14. The third-order valence-corrected chi connectivity index (χ3v) is 5.98. The molecule has 1 amide bonds. The van der Waals surface area contributed by atoms with Gasteiger partial charge in [-0.25, -0.2) is 8.42 Å². The van der Waals surface area contributed by atoms with Gasteiger partial charge in [0, 0.05) is 44.8 Å². The van der Waals surface area contributed by atoms with E-state index >= 15 is 0 Å². The maximum atomic E-state index is 12.6. The van der Waals surface area contributed by atoms with Crippen molar-refractivity contribution in [3.8, 4) is 0 Å². The monoisotopic (exact) mass is 339 g/mol. The Kier molecular flexibility index (Phi) is 6.15. The molecular weight excluding hydrogens is 314 g/mol. The van der Waals surface area contributed by atoms with Gasteiger partial charge in [-0.1, -0.05) is 18.2 Å². The summed E-state index contributed by atoms with van der Waals surface area (Å²) in [6.45, 7) is 6.82. The van der Waals surface area contributed by atoms with Crippen LogP contribution in [-0.4, -0.2) is 68.6 Å². The maximum Gasteiger partial charge on any atom is 0.254 e. The second kappa shape index (κ2) is 7.90. The minimum atomic E-state index is -3.31. The van der Waals surface area contributed by atoms with E-state index in [1.807, 2.05) is 32.0 Å². The number of hydrogen-bond acceptors (Lipinski definition) is 4. The normalized spacial score (nSPS) is 16.3. The van der Waals surface area contributed by atoms with Crippen molar-refractivity contribution in [2.75, 3.05) is 45.0 Å². The van der Waals surface area contributed by atoms with Crippen molar-refractivity contribution in [3.05, 3.63) is 35.4 Å². The summed E-state index contributed by atoms with van der Waals surface area (Å²) in [4.78, 5) is 14.2. The van der Waals surface area contributed by atoms with Crippen LogP contribution in [0.5, 0.6) is 0 Å². The number of aryl methyl sites for hydroxylation is 1. The van der Waals surface area contributed by atoms with Crippen LogP contribution in [0.1, 0.15) is 22.8 Å². The van der Waals surface area contributed by atoms with Crippen LogP contribution < -0.4 is 5.32 Å². The molecule has 0 bridgehead atoms. The molecule has 0 atom stereocenters. The molecule has 0 radical (unpaired) electrons. The minimum absolute atomic E-state index is 0.0293. The van der Waals surface area contributed by atoms with E-state index in [1.54, 1.807) is 11.0 Å². The molecule has 1 aliphatic heterocycles. The summed E-state index contributed by atoms with van der Waals surface area (Å²) in [6, 6.07) is 7.38. The van der Waals surface area contributed by atoms with Crippen LogP contribution in [0.2, 0.25) is 0 Å². The van der Waals surface area contributed by atoms with Crippen molar-refractivity contribution < 1.29 is 13.2 Å². The first-order valence-corrected chi connectivity index (χ1v) is 9.60. The highest BCUT2D eigenvalue weighted by Gasteiger charge is 2.25. The summed E-state index contributed by atoms with van der Waals surface area (Å²) in [7, 11) is -3.31. The molecule has 0 spiro atoms. The van der Waals surface area contributed by atoms with Gasteiger partial charge < -0.3 is 10.2 Å². The smallest absolute Gasteiger partial charge is 0.254 e. The van der Waals surface area contributed by atoms with Crippen molar-refractivity contribution >= 4 is 15.9 Å². The van der Waals surface area contributed by atoms with Gasteiger partial charge in [0.25, 0.3) is 5.91 Å². The fraction of sp³-hybridized carbons (Fsp3) is 0.562. The number of piperazine rings is 1. The lowest BCUT2D eigenvalue weighted by atomic mass is 10.1. The van der Waals surface area contributed by atoms with Crippen LogP contribution in [0.15, 0.2) is 24.3 Å². The molecule has 23 heavy (non-hydrogen) atoms. The van der Waals surface area contributed by atoms with Gasteiger partial charge in [-0.05, 0) is 25.5 Å². The Morgan fingerprint density at radius 1 is 1.26 bits per heavy atom. The first-order valence-electron chi connectivity index (χ1n) is 7.99. The third kappa shape index (κ3) is 4.53. The molecule has 6 nitrogen and oxygen atoms in total. The van der Waals surface area contributed by atoms with Crippen LogP contribution in [-0.2, 0) is 10.0 Å². The van der Waals surface area contributed by atoms with Crippen LogP contribution >= 0.6 is 0 Å². The van der Waals surface area contributed by atoms with Gasteiger partial charge in [0.15, 0.2) is 0 Å². The standard InChI is InChI=1S/C16H25N3O3S/c1-3-18(16(20)15-7-5-4-6-14(15)2)12-13-23(21,22)19-10-8-17-9-11-19/h4-7,17H,3,8-13H2,1-2H3. The van der Waals surface area contributed by atoms with E-state index in [0.717, 1.165) is 5.56 Å². The van der Waals surface area contributed by atoms with Crippen LogP contribution in [0.3, 0.4) is 0 Å². The molecule has 1 saturated heterocycles. The predicted molar refractivity (Wildman–Crippen MR) is 91.0 cm³/mol. The summed E-state index contributed by atoms with van der Waals surface area (Å²) < 4.78 is 26.3. The molecule has 1 aliphatic rings. The Morgan fingerprint density at radius 2 is 1.91 bits per heavy atom. The van der Waals surface area contributed by atoms with Gasteiger partial charge in [-0.15, -0.1) is 0 Å². The molecule has 0 aromatic heterocycles. The molecular formula is C16H25N3O3S. The second-order valence-electron chi connectivity index (χ2n) is 5.66. The van der Waals surface area contributed by atoms with E-state index in [1.165, 1.54) is 4.31 Å². The highest BCUT2D eigenvalue weighted by molar-refractivity contribution is 7.89. The summed E-state index contributed by atoms with van der Waals surface area (Å²) >= 11 is 0. The first-order chi connectivity index (χ1) is 11.0. The zero-order chi connectivity index (χ0) is 16.9. The Balaban J connectivity index is 2.02. The number of sulfonamides is 1. The molecule has 1 fully saturated rings. The molecule has 1 N–H and O–H groups in total. The van der Waals surface area contributed by atoms with Crippen LogP contribution in [0.4, 0.5) is 0 Å². The van der Waals surface area contributed by atoms with Gasteiger partial charge in [-0.2, -0.15) is 4.31 Å². The van der Waals surface area contributed by atoms with Crippen molar-refractivity contribution in [2.24, 2.45) is 0 Å². The van der Waals surface area contributed by atoms with Crippen molar-refractivity contribution in [1.82, 2.24) is 14.5 Å². The Bertz CT molecular complexity index is 640. The molecule has 1 aromatic carbocycles. The Labute approximate surface area is 138 Å². The number of rotatable bonds is 6. The molecule has 2 rings (SSSR count). The van der Waals surface area contributed by atoms with Crippen molar-refractivity contribution in [2.45, 2.75) is 13.8 Å². The topological polar surface area (TPSA) is 69.7 Å². The third-order valence-electron chi connectivity index (χ3n) is 4.13. The highest BCUT2D eigenvalue weighted by atomic mass is 32.2. The number of amides is 1. The molecule has 0 saturated carbocycles. The van der Waals surface area contributed by atoms with E-state index < -0.39 is 10.0 Å². The maximum absolute atomic E-state index is 12.6. The van der Waals surface area contributed by atoms with Crippen molar-refractivity contribution in [3.63, 3.8) is 0 Å². The zero-order valence-corrected chi connectivity index (χ0v) is 14.6. The number of hydrogen-bond donors (Lipinski definition) is 1. The molecule has 7 heteroatoms. The van der Waals surface area contributed by atoms with Gasteiger partial charge >= 0.3 is 0 Å². The number of carbonyl (C=O) groups is 1. The fourth-order valence-corrected chi connectivity index (χ4v) is 4.11. The fourth-order valence-electron chi connectivity index (χ4n) is 2.66. The summed E-state index contributed by atoms with van der Waals surface area (Å²) in [5.41, 5.74) is 1.54.